The van der Waals surface area contributed by atoms with Crippen molar-refractivity contribution in [1.82, 2.24) is 5.32 Å². The lowest BCUT2D eigenvalue weighted by Crippen LogP contribution is -2.33. The molecule has 1 amide bonds. The van der Waals surface area contributed by atoms with E-state index in [1.54, 1.807) is 13.0 Å². The van der Waals surface area contributed by atoms with Crippen LogP contribution in [0.4, 0.5) is 18.9 Å². The summed E-state index contributed by atoms with van der Waals surface area (Å²) >= 11 is 0. The highest BCUT2D eigenvalue weighted by molar-refractivity contribution is 5.97. The third kappa shape index (κ3) is 5.13. The Morgan fingerprint density at radius 2 is 2.14 bits per heavy atom. The van der Waals surface area contributed by atoms with Gasteiger partial charge in [-0.1, -0.05) is 13.0 Å². The second-order valence-corrected chi connectivity index (χ2v) is 4.68. The van der Waals surface area contributed by atoms with Crippen LogP contribution in [-0.4, -0.2) is 11.9 Å². The van der Waals surface area contributed by atoms with Crippen molar-refractivity contribution in [2.45, 2.75) is 32.5 Å². The van der Waals surface area contributed by atoms with Crippen molar-refractivity contribution in [3.05, 3.63) is 41.6 Å². The third-order valence-corrected chi connectivity index (χ3v) is 2.93. The molecule has 0 bridgehead atoms. The molecule has 0 fully saturated rings. The molecule has 0 saturated carbocycles. The number of amides is 1. The highest BCUT2D eigenvalue weighted by atomic mass is 19.4. The van der Waals surface area contributed by atoms with Crippen LogP contribution >= 0.6 is 0 Å². The highest BCUT2D eigenvalue weighted by Crippen LogP contribution is 2.30. The molecule has 22 heavy (non-hydrogen) atoms. The van der Waals surface area contributed by atoms with Crippen LogP contribution < -0.4 is 10.6 Å². The fraction of sp³-hybridized carbons (Fsp3) is 0.333. The number of nitrogens with one attached hydrogen (secondary N) is 2. The summed E-state index contributed by atoms with van der Waals surface area (Å²) in [4.78, 5) is 11.8. The topological polar surface area (TPSA) is 64.9 Å². The van der Waals surface area contributed by atoms with Gasteiger partial charge in [-0.15, -0.1) is 0 Å². The molecule has 0 aliphatic carbocycles. The molecule has 0 aliphatic rings. The molecular weight excluding hydrogens is 295 g/mol. The Labute approximate surface area is 126 Å². The summed E-state index contributed by atoms with van der Waals surface area (Å²) in [5.41, 5.74) is -0.884. The Kier molecular flexibility index (Phi) is 5.99. The molecule has 0 aromatic heterocycles. The van der Waals surface area contributed by atoms with E-state index in [-0.39, 0.29) is 17.3 Å². The first-order valence-electron chi connectivity index (χ1n) is 6.62. The van der Waals surface area contributed by atoms with E-state index in [0.717, 1.165) is 18.3 Å². The number of rotatable bonds is 5. The molecule has 7 heteroatoms. The Morgan fingerprint density at radius 1 is 1.45 bits per heavy atom. The van der Waals surface area contributed by atoms with E-state index < -0.39 is 17.6 Å². The van der Waals surface area contributed by atoms with Gasteiger partial charge in [-0.2, -0.15) is 18.4 Å². The zero-order valence-corrected chi connectivity index (χ0v) is 12.2. The van der Waals surface area contributed by atoms with Crippen LogP contribution in [-0.2, 0) is 11.0 Å². The minimum Gasteiger partial charge on any atom is -0.360 e. The van der Waals surface area contributed by atoms with Crippen LogP contribution in [0.15, 0.2) is 36.0 Å². The molecule has 0 radical (unpaired) electrons. The monoisotopic (exact) mass is 311 g/mol. The van der Waals surface area contributed by atoms with Gasteiger partial charge in [0.1, 0.15) is 11.6 Å². The van der Waals surface area contributed by atoms with Crippen molar-refractivity contribution < 1.29 is 18.0 Å². The molecular formula is C15H16F3N3O. The Morgan fingerprint density at radius 3 is 2.68 bits per heavy atom. The molecule has 0 aliphatic heterocycles. The summed E-state index contributed by atoms with van der Waals surface area (Å²) in [5, 5.41) is 14.1. The van der Waals surface area contributed by atoms with Crippen LogP contribution in [0.3, 0.4) is 0 Å². The number of carbonyl (C=O) groups is 1. The number of hydrogen-bond acceptors (Lipinski definition) is 3. The van der Waals surface area contributed by atoms with E-state index in [1.807, 2.05) is 6.92 Å². The first-order chi connectivity index (χ1) is 10.3. The first-order valence-corrected chi connectivity index (χ1v) is 6.62. The maximum atomic E-state index is 12.6. The average Bonchev–Trinajstić information content (AvgIpc) is 2.47. The van der Waals surface area contributed by atoms with Crippen LogP contribution in [0.5, 0.6) is 0 Å². The van der Waals surface area contributed by atoms with Gasteiger partial charge in [0.05, 0.1) is 5.56 Å². The average molecular weight is 311 g/mol. The second-order valence-electron chi connectivity index (χ2n) is 4.68. The van der Waals surface area contributed by atoms with Gasteiger partial charge in [0.2, 0.25) is 0 Å². The Balaban J connectivity index is 2.85. The number of benzene rings is 1. The number of carbonyl (C=O) groups excluding carboxylic acids is 1. The summed E-state index contributed by atoms with van der Waals surface area (Å²) in [6, 6.07) is 6.10. The molecule has 1 rings (SSSR count). The van der Waals surface area contributed by atoms with E-state index in [1.165, 1.54) is 12.1 Å². The van der Waals surface area contributed by atoms with Gasteiger partial charge in [-0.3, -0.25) is 4.79 Å². The predicted octanol–water partition coefficient (Wildman–Crippen LogP) is 3.44. The number of hydrogen-bond donors (Lipinski definition) is 2. The van der Waals surface area contributed by atoms with Gasteiger partial charge in [-0.05, 0) is 31.5 Å². The quantitative estimate of drug-likeness (QED) is 0.646. The van der Waals surface area contributed by atoms with Gasteiger partial charge in [0.15, 0.2) is 0 Å². The third-order valence-electron chi connectivity index (χ3n) is 2.93. The van der Waals surface area contributed by atoms with Gasteiger partial charge < -0.3 is 10.6 Å². The lowest BCUT2D eigenvalue weighted by atomic mass is 10.2. The van der Waals surface area contributed by atoms with Crippen molar-refractivity contribution in [3.8, 4) is 6.07 Å². The number of nitriles is 1. The second kappa shape index (κ2) is 7.50. The van der Waals surface area contributed by atoms with Crippen molar-refractivity contribution in [2.24, 2.45) is 0 Å². The molecule has 0 spiro atoms. The first kappa shape index (κ1) is 17.6. The minimum atomic E-state index is -4.45. The SMILES string of the molecule is CCC(C)NC(=O)/C(C#N)=C\Nc1cccc(C(F)(F)F)c1. The summed E-state index contributed by atoms with van der Waals surface area (Å²) in [7, 11) is 0. The number of anilines is 1. The zero-order chi connectivity index (χ0) is 16.8. The van der Waals surface area contributed by atoms with Gasteiger partial charge in [0.25, 0.3) is 5.91 Å². The summed E-state index contributed by atoms with van der Waals surface area (Å²) in [6.45, 7) is 3.66. The van der Waals surface area contributed by atoms with Gasteiger partial charge in [0, 0.05) is 17.9 Å². The fourth-order valence-corrected chi connectivity index (χ4v) is 1.49. The number of alkyl halides is 3. The molecule has 1 atom stereocenters. The summed E-state index contributed by atoms with van der Waals surface area (Å²) in [5.74, 6) is -0.573. The fourth-order valence-electron chi connectivity index (χ4n) is 1.49. The number of nitrogens with zero attached hydrogens (tertiary/aromatic N) is 1. The predicted molar refractivity (Wildman–Crippen MR) is 76.7 cm³/mol. The normalized spacial score (nSPS) is 13.2. The van der Waals surface area contributed by atoms with Crippen molar-refractivity contribution in [1.29, 1.82) is 5.26 Å². The molecule has 4 nitrogen and oxygen atoms in total. The number of halogens is 3. The standard InChI is InChI=1S/C15H16F3N3O/c1-3-10(2)21-14(22)11(8-19)9-20-13-6-4-5-12(7-13)15(16,17)18/h4-7,9-10,20H,3H2,1-2H3,(H,21,22)/b11-9-. The lowest BCUT2D eigenvalue weighted by Gasteiger charge is -2.11. The van der Waals surface area contributed by atoms with Crippen molar-refractivity contribution in [3.63, 3.8) is 0 Å². The van der Waals surface area contributed by atoms with Crippen LogP contribution in [0.1, 0.15) is 25.8 Å². The zero-order valence-electron chi connectivity index (χ0n) is 12.2. The molecule has 1 aromatic rings. The molecule has 1 aromatic carbocycles. The lowest BCUT2D eigenvalue weighted by molar-refractivity contribution is -0.137. The van der Waals surface area contributed by atoms with Gasteiger partial charge in [-0.25, -0.2) is 0 Å². The van der Waals surface area contributed by atoms with Gasteiger partial charge >= 0.3 is 6.18 Å². The van der Waals surface area contributed by atoms with E-state index in [0.29, 0.717) is 6.42 Å². The maximum Gasteiger partial charge on any atom is 0.416 e. The molecule has 1 unspecified atom stereocenters. The smallest absolute Gasteiger partial charge is 0.360 e. The Hall–Kier alpha value is -2.49. The van der Waals surface area contributed by atoms with E-state index in [4.69, 9.17) is 5.26 Å². The van der Waals surface area contributed by atoms with E-state index in [9.17, 15) is 18.0 Å². The molecule has 2 N–H and O–H groups in total. The van der Waals surface area contributed by atoms with Crippen LogP contribution in [0.25, 0.3) is 0 Å². The van der Waals surface area contributed by atoms with Crippen LogP contribution in [0, 0.1) is 11.3 Å². The molecule has 118 valence electrons. The van der Waals surface area contributed by atoms with Crippen molar-refractivity contribution >= 4 is 11.6 Å². The highest BCUT2D eigenvalue weighted by Gasteiger charge is 2.30. The largest absolute Gasteiger partial charge is 0.416 e. The van der Waals surface area contributed by atoms with E-state index in [2.05, 4.69) is 10.6 Å². The minimum absolute atomic E-state index is 0.0993. The summed E-state index contributed by atoms with van der Waals surface area (Å²) < 4.78 is 37.8. The summed E-state index contributed by atoms with van der Waals surface area (Å²) in [6.07, 6.45) is -2.66. The maximum absolute atomic E-state index is 12.6. The van der Waals surface area contributed by atoms with E-state index >= 15 is 0 Å². The van der Waals surface area contributed by atoms with Crippen molar-refractivity contribution in [2.75, 3.05) is 5.32 Å². The Bertz CT molecular complexity index is 603. The molecule has 0 heterocycles. The van der Waals surface area contributed by atoms with Crippen LogP contribution in [0.2, 0.25) is 0 Å². The molecule has 0 saturated heterocycles.